The summed E-state index contributed by atoms with van der Waals surface area (Å²) in [6, 6.07) is 1.17. The molecule has 0 bridgehead atoms. The van der Waals surface area contributed by atoms with Crippen LogP contribution in [0.1, 0.15) is 33.8 Å². The van der Waals surface area contributed by atoms with Crippen LogP contribution in [0.5, 0.6) is 0 Å². The minimum Gasteiger partial charge on any atom is -0.480 e. The van der Waals surface area contributed by atoms with Crippen molar-refractivity contribution in [3.63, 3.8) is 0 Å². The van der Waals surface area contributed by atoms with Gasteiger partial charge in [-0.3, -0.25) is 4.79 Å². The number of rotatable bonds is 2. The molecule has 1 aliphatic heterocycles. The maximum atomic E-state index is 12.7. The van der Waals surface area contributed by atoms with Gasteiger partial charge in [0.05, 0.1) is 5.69 Å². The highest BCUT2D eigenvalue weighted by atomic mass is 32.1. The molecule has 3 rings (SSSR count). The Labute approximate surface area is 131 Å². The van der Waals surface area contributed by atoms with Crippen LogP contribution in [-0.2, 0) is 4.79 Å². The standard InChI is InChI=1S/C15H17N3O3S/c1-7-6-8(2)17-13-10(7)11(16)12(22-13)14(19)18-5-3-4-9(18)15(20)21/h6,9H,3-5,16H2,1-2H3,(H,20,21)/t9-/m0/s1. The molecule has 3 heterocycles. The minimum absolute atomic E-state index is 0.303. The Morgan fingerprint density at radius 3 is 2.86 bits per heavy atom. The molecule has 0 saturated carbocycles. The number of thiophene rings is 1. The summed E-state index contributed by atoms with van der Waals surface area (Å²) in [5, 5.41) is 10.0. The lowest BCUT2D eigenvalue weighted by atomic mass is 10.1. The minimum atomic E-state index is -0.962. The Balaban J connectivity index is 2.07. The molecule has 6 nitrogen and oxygen atoms in total. The summed E-state index contributed by atoms with van der Waals surface area (Å²) < 4.78 is 0. The average molecular weight is 319 g/mol. The van der Waals surface area contributed by atoms with E-state index in [1.807, 2.05) is 19.9 Å². The molecule has 116 valence electrons. The number of carbonyl (C=O) groups excluding carboxylic acids is 1. The number of nitrogens with zero attached hydrogens (tertiary/aromatic N) is 2. The quantitative estimate of drug-likeness (QED) is 0.884. The maximum Gasteiger partial charge on any atom is 0.326 e. The van der Waals surface area contributed by atoms with Gasteiger partial charge in [-0.1, -0.05) is 0 Å². The van der Waals surface area contributed by atoms with Gasteiger partial charge in [-0.25, -0.2) is 9.78 Å². The van der Waals surface area contributed by atoms with E-state index in [4.69, 9.17) is 5.73 Å². The van der Waals surface area contributed by atoms with Gasteiger partial charge < -0.3 is 15.7 Å². The van der Waals surface area contributed by atoms with Crippen LogP contribution in [0.3, 0.4) is 0 Å². The molecule has 1 aliphatic rings. The molecular weight excluding hydrogens is 302 g/mol. The number of aryl methyl sites for hydroxylation is 2. The van der Waals surface area contributed by atoms with Gasteiger partial charge in [0, 0.05) is 17.6 Å². The van der Waals surface area contributed by atoms with Crippen LogP contribution in [0.15, 0.2) is 6.07 Å². The van der Waals surface area contributed by atoms with E-state index in [2.05, 4.69) is 4.98 Å². The van der Waals surface area contributed by atoms with Crippen molar-refractivity contribution in [3.05, 3.63) is 22.2 Å². The smallest absolute Gasteiger partial charge is 0.326 e. The fraction of sp³-hybridized carbons (Fsp3) is 0.400. The SMILES string of the molecule is Cc1cc(C)c2c(N)c(C(=O)N3CCC[C@H]3C(=O)O)sc2n1. The summed E-state index contributed by atoms with van der Waals surface area (Å²) in [6.07, 6.45) is 1.19. The molecule has 0 aliphatic carbocycles. The number of nitrogens with two attached hydrogens (primary N) is 1. The van der Waals surface area contributed by atoms with E-state index < -0.39 is 12.0 Å². The third-order valence-corrected chi connectivity index (χ3v) is 5.10. The highest BCUT2D eigenvalue weighted by Gasteiger charge is 2.36. The molecule has 22 heavy (non-hydrogen) atoms. The third-order valence-electron chi connectivity index (χ3n) is 4.02. The Kier molecular flexibility index (Phi) is 3.52. The van der Waals surface area contributed by atoms with Gasteiger partial charge in [0.15, 0.2) is 0 Å². The van der Waals surface area contributed by atoms with Gasteiger partial charge in [-0.05, 0) is 38.3 Å². The summed E-state index contributed by atoms with van der Waals surface area (Å²) in [7, 11) is 0. The Morgan fingerprint density at radius 2 is 2.18 bits per heavy atom. The zero-order chi connectivity index (χ0) is 16.0. The molecule has 2 aromatic heterocycles. The summed E-state index contributed by atoms with van der Waals surface area (Å²) in [5.74, 6) is -1.27. The summed E-state index contributed by atoms with van der Waals surface area (Å²) in [6.45, 7) is 4.28. The second-order valence-electron chi connectivity index (χ2n) is 5.60. The van der Waals surface area contributed by atoms with E-state index in [0.29, 0.717) is 30.0 Å². The van der Waals surface area contributed by atoms with Crippen molar-refractivity contribution in [2.75, 3.05) is 12.3 Å². The zero-order valence-electron chi connectivity index (χ0n) is 12.4. The Hall–Kier alpha value is -2.15. The number of nitrogen functional groups attached to an aromatic ring is 1. The lowest BCUT2D eigenvalue weighted by Gasteiger charge is -2.20. The largest absolute Gasteiger partial charge is 0.480 e. The van der Waals surface area contributed by atoms with E-state index in [1.54, 1.807) is 0 Å². The maximum absolute atomic E-state index is 12.7. The highest BCUT2D eigenvalue weighted by molar-refractivity contribution is 7.21. The van der Waals surface area contributed by atoms with Crippen LogP contribution in [-0.4, -0.2) is 39.5 Å². The first-order valence-corrected chi connectivity index (χ1v) is 7.91. The molecule has 0 unspecified atom stereocenters. The molecule has 0 aromatic carbocycles. The van der Waals surface area contributed by atoms with Gasteiger partial charge in [-0.2, -0.15) is 0 Å². The number of carboxylic acids is 1. The predicted molar refractivity (Wildman–Crippen MR) is 85.2 cm³/mol. The van der Waals surface area contributed by atoms with Gasteiger partial charge in [-0.15, -0.1) is 11.3 Å². The molecule has 7 heteroatoms. The molecule has 1 fully saturated rings. The Bertz CT molecular complexity index is 784. The number of aromatic nitrogens is 1. The van der Waals surface area contributed by atoms with Crippen LogP contribution >= 0.6 is 11.3 Å². The van der Waals surface area contributed by atoms with Crippen molar-refractivity contribution in [3.8, 4) is 0 Å². The number of carboxylic acid groups (broad SMARTS) is 1. The molecule has 0 radical (unpaired) electrons. The van der Waals surface area contributed by atoms with Crippen molar-refractivity contribution in [1.82, 2.24) is 9.88 Å². The van der Waals surface area contributed by atoms with Gasteiger partial charge in [0.2, 0.25) is 0 Å². The van der Waals surface area contributed by atoms with Crippen LogP contribution in [0.25, 0.3) is 10.2 Å². The summed E-state index contributed by atoms with van der Waals surface area (Å²) >= 11 is 1.24. The number of hydrogen-bond donors (Lipinski definition) is 2. The number of anilines is 1. The molecule has 3 N–H and O–H groups in total. The second-order valence-corrected chi connectivity index (χ2v) is 6.60. The highest BCUT2D eigenvalue weighted by Crippen LogP contribution is 2.36. The van der Waals surface area contributed by atoms with Gasteiger partial charge in [0.1, 0.15) is 15.7 Å². The predicted octanol–water partition coefficient (Wildman–Crippen LogP) is 2.18. The van der Waals surface area contributed by atoms with E-state index in [0.717, 1.165) is 21.5 Å². The first kappa shape index (κ1) is 14.8. The summed E-state index contributed by atoms with van der Waals surface area (Å²) in [4.78, 5) is 30.9. The van der Waals surface area contributed by atoms with Crippen LogP contribution in [0.4, 0.5) is 5.69 Å². The van der Waals surface area contributed by atoms with Crippen molar-refractivity contribution < 1.29 is 14.7 Å². The monoisotopic (exact) mass is 319 g/mol. The molecular formula is C15H17N3O3S. The lowest BCUT2D eigenvalue weighted by molar-refractivity contribution is -0.141. The van der Waals surface area contributed by atoms with Crippen molar-refractivity contribution in [2.45, 2.75) is 32.7 Å². The molecule has 2 aromatic rings. The fourth-order valence-corrected chi connectivity index (χ4v) is 4.20. The number of pyridine rings is 1. The van der Waals surface area contributed by atoms with E-state index in [9.17, 15) is 14.7 Å². The number of carbonyl (C=O) groups is 2. The number of hydrogen-bond acceptors (Lipinski definition) is 5. The van der Waals surface area contributed by atoms with Crippen molar-refractivity contribution in [1.29, 1.82) is 0 Å². The fourth-order valence-electron chi connectivity index (χ4n) is 3.02. The number of fused-ring (bicyclic) bond motifs is 1. The number of aliphatic carboxylic acids is 1. The molecule has 1 amide bonds. The summed E-state index contributed by atoms with van der Waals surface area (Å²) in [5.41, 5.74) is 8.41. The average Bonchev–Trinajstić information content (AvgIpc) is 3.03. The van der Waals surface area contributed by atoms with Crippen molar-refractivity contribution >= 4 is 39.1 Å². The Morgan fingerprint density at radius 1 is 1.45 bits per heavy atom. The lowest BCUT2D eigenvalue weighted by Crippen LogP contribution is -2.40. The van der Waals surface area contributed by atoms with E-state index in [-0.39, 0.29) is 5.91 Å². The molecule has 0 spiro atoms. The molecule has 1 saturated heterocycles. The topological polar surface area (TPSA) is 96.5 Å². The van der Waals surface area contributed by atoms with E-state index >= 15 is 0 Å². The van der Waals surface area contributed by atoms with E-state index in [1.165, 1.54) is 16.2 Å². The zero-order valence-corrected chi connectivity index (χ0v) is 13.2. The molecule has 1 atom stereocenters. The second kappa shape index (κ2) is 5.24. The first-order valence-electron chi connectivity index (χ1n) is 7.10. The first-order chi connectivity index (χ1) is 10.4. The normalized spacial score (nSPS) is 18.1. The van der Waals surface area contributed by atoms with Gasteiger partial charge in [0.25, 0.3) is 5.91 Å². The third kappa shape index (κ3) is 2.21. The van der Waals surface area contributed by atoms with Crippen LogP contribution in [0, 0.1) is 13.8 Å². The number of amides is 1. The van der Waals surface area contributed by atoms with Crippen molar-refractivity contribution in [2.24, 2.45) is 0 Å². The van der Waals surface area contributed by atoms with Crippen LogP contribution < -0.4 is 5.73 Å². The number of likely N-dealkylation sites (tertiary alicyclic amines) is 1. The van der Waals surface area contributed by atoms with Gasteiger partial charge >= 0.3 is 5.97 Å². The van der Waals surface area contributed by atoms with Crippen LogP contribution in [0.2, 0.25) is 0 Å².